The van der Waals surface area contributed by atoms with Crippen LogP contribution < -0.4 is 5.32 Å². The average Bonchev–Trinajstić information content (AvgIpc) is 2.54. The fraction of sp³-hybridized carbons (Fsp3) is 0.176. The van der Waals surface area contributed by atoms with Crippen LogP contribution in [0.5, 0.6) is 0 Å². The molecule has 0 unspecified atom stereocenters. The van der Waals surface area contributed by atoms with Crippen molar-refractivity contribution in [2.45, 2.75) is 12.6 Å². The van der Waals surface area contributed by atoms with E-state index in [0.717, 1.165) is 12.1 Å². The Bertz CT molecular complexity index is 757. The number of anilines is 1. The van der Waals surface area contributed by atoms with E-state index in [1.54, 1.807) is 12.1 Å². The third kappa shape index (κ3) is 4.34. The number of halogens is 3. The molecular weight excluding hydrogens is 323 g/mol. The summed E-state index contributed by atoms with van der Waals surface area (Å²) in [6, 6.07) is 10.7. The summed E-state index contributed by atoms with van der Waals surface area (Å²) in [5.74, 6) is -1.16. The van der Waals surface area contributed by atoms with Gasteiger partial charge < -0.3 is 10.1 Å². The lowest BCUT2D eigenvalue weighted by molar-refractivity contribution is -0.137. The molecule has 126 valence electrons. The molecule has 0 aliphatic rings. The predicted molar refractivity (Wildman–Crippen MR) is 81.6 cm³/mol. The van der Waals surface area contributed by atoms with Gasteiger partial charge in [0.25, 0.3) is 0 Å². The largest absolute Gasteiger partial charge is 0.465 e. The number of ether oxygens (including phenoxy) is 1. The normalized spacial score (nSPS) is 11.0. The Morgan fingerprint density at radius 1 is 1.08 bits per heavy atom. The van der Waals surface area contributed by atoms with E-state index in [9.17, 15) is 22.8 Å². The Hall–Kier alpha value is -2.83. The Morgan fingerprint density at radius 2 is 1.79 bits per heavy atom. The van der Waals surface area contributed by atoms with E-state index >= 15 is 0 Å². The van der Waals surface area contributed by atoms with Crippen molar-refractivity contribution in [3.63, 3.8) is 0 Å². The molecule has 0 aliphatic heterocycles. The van der Waals surface area contributed by atoms with Gasteiger partial charge in [-0.3, -0.25) is 4.79 Å². The Morgan fingerprint density at radius 3 is 2.46 bits per heavy atom. The Labute approximate surface area is 136 Å². The molecule has 1 N–H and O–H groups in total. The first-order valence-corrected chi connectivity index (χ1v) is 6.94. The highest BCUT2D eigenvalue weighted by atomic mass is 19.4. The van der Waals surface area contributed by atoms with E-state index in [1.807, 2.05) is 0 Å². The van der Waals surface area contributed by atoms with E-state index in [0.29, 0.717) is 0 Å². The quantitative estimate of drug-likeness (QED) is 0.866. The number of nitrogens with one attached hydrogen (secondary N) is 1. The Balaban J connectivity index is 2.14. The third-order valence-corrected chi connectivity index (χ3v) is 3.23. The van der Waals surface area contributed by atoms with E-state index in [4.69, 9.17) is 0 Å². The van der Waals surface area contributed by atoms with Crippen molar-refractivity contribution >= 4 is 17.6 Å². The molecule has 2 aromatic carbocycles. The van der Waals surface area contributed by atoms with Crippen LogP contribution in [-0.4, -0.2) is 19.0 Å². The molecule has 7 heteroatoms. The van der Waals surface area contributed by atoms with Crippen molar-refractivity contribution in [1.29, 1.82) is 0 Å². The van der Waals surface area contributed by atoms with E-state index in [2.05, 4.69) is 10.1 Å². The van der Waals surface area contributed by atoms with E-state index < -0.39 is 23.6 Å². The number of carbonyl (C=O) groups excluding carboxylic acids is 2. The highest BCUT2D eigenvalue weighted by molar-refractivity contribution is 6.01. The van der Waals surface area contributed by atoms with Crippen LogP contribution >= 0.6 is 0 Å². The second-order valence-corrected chi connectivity index (χ2v) is 4.96. The number of hydrogen-bond donors (Lipinski definition) is 1. The molecule has 0 aliphatic carbocycles. The Kier molecular flexibility index (Phi) is 5.23. The molecule has 0 spiro atoms. The van der Waals surface area contributed by atoms with Crippen molar-refractivity contribution in [3.8, 4) is 0 Å². The lowest BCUT2D eigenvalue weighted by Crippen LogP contribution is -2.17. The smallest absolute Gasteiger partial charge is 0.416 e. The molecule has 0 aromatic heterocycles. The monoisotopic (exact) mass is 337 g/mol. The minimum Gasteiger partial charge on any atom is -0.465 e. The standard InChI is InChI=1S/C17H14F3NO3/c1-24-16(23)13-7-2-3-8-14(13)21-15(22)10-11-5-4-6-12(9-11)17(18,19)20/h2-9H,10H2,1H3,(H,21,22). The van der Waals surface area contributed by atoms with Crippen LogP contribution in [0.1, 0.15) is 21.5 Å². The third-order valence-electron chi connectivity index (χ3n) is 3.23. The van der Waals surface area contributed by atoms with Crippen LogP contribution in [0, 0.1) is 0 Å². The lowest BCUT2D eigenvalue weighted by Gasteiger charge is -2.11. The number of benzene rings is 2. The van der Waals surface area contributed by atoms with E-state index in [-0.39, 0.29) is 23.2 Å². The van der Waals surface area contributed by atoms with Crippen molar-refractivity contribution < 1.29 is 27.5 Å². The first-order chi connectivity index (χ1) is 11.3. The molecule has 1 amide bonds. The number of rotatable bonds is 4. The zero-order valence-corrected chi connectivity index (χ0v) is 12.7. The summed E-state index contributed by atoms with van der Waals surface area (Å²) in [7, 11) is 1.21. The predicted octanol–water partition coefficient (Wildman–Crippen LogP) is 3.67. The van der Waals surface area contributed by atoms with Crippen LogP contribution in [0.2, 0.25) is 0 Å². The number of alkyl halides is 3. The SMILES string of the molecule is COC(=O)c1ccccc1NC(=O)Cc1cccc(C(F)(F)F)c1. The maximum atomic E-state index is 12.7. The molecule has 2 rings (SSSR count). The van der Waals surface area contributed by atoms with Gasteiger partial charge in [0.15, 0.2) is 0 Å². The number of para-hydroxylation sites is 1. The molecular formula is C17H14F3NO3. The number of hydrogen-bond acceptors (Lipinski definition) is 3. The lowest BCUT2D eigenvalue weighted by atomic mass is 10.1. The zero-order valence-electron chi connectivity index (χ0n) is 12.7. The summed E-state index contributed by atoms with van der Waals surface area (Å²) in [4.78, 5) is 23.7. The molecule has 0 saturated carbocycles. The number of amides is 1. The van der Waals surface area contributed by atoms with Gasteiger partial charge in [-0.05, 0) is 23.8 Å². The first kappa shape index (κ1) is 17.5. The van der Waals surface area contributed by atoms with Gasteiger partial charge in [0.05, 0.1) is 30.3 Å². The molecule has 2 aromatic rings. The van der Waals surface area contributed by atoms with Crippen molar-refractivity contribution in [2.24, 2.45) is 0 Å². The summed E-state index contributed by atoms with van der Waals surface area (Å²) in [5.41, 5.74) is -0.195. The summed E-state index contributed by atoms with van der Waals surface area (Å²) in [5, 5.41) is 2.51. The summed E-state index contributed by atoms with van der Waals surface area (Å²) in [6.07, 6.45) is -4.72. The molecule has 0 bridgehead atoms. The topological polar surface area (TPSA) is 55.4 Å². The van der Waals surface area contributed by atoms with Crippen molar-refractivity contribution in [2.75, 3.05) is 12.4 Å². The molecule has 24 heavy (non-hydrogen) atoms. The van der Waals surface area contributed by atoms with Gasteiger partial charge in [-0.15, -0.1) is 0 Å². The summed E-state index contributed by atoms with van der Waals surface area (Å²) in [6.45, 7) is 0. The van der Waals surface area contributed by atoms with Crippen LogP contribution in [0.3, 0.4) is 0 Å². The zero-order chi connectivity index (χ0) is 17.7. The van der Waals surface area contributed by atoms with Crippen LogP contribution in [0.15, 0.2) is 48.5 Å². The van der Waals surface area contributed by atoms with Gasteiger partial charge in [-0.2, -0.15) is 13.2 Å². The molecule has 0 fully saturated rings. The minimum atomic E-state index is -4.47. The maximum Gasteiger partial charge on any atom is 0.416 e. The average molecular weight is 337 g/mol. The van der Waals surface area contributed by atoms with Crippen LogP contribution in [0.4, 0.5) is 18.9 Å². The van der Waals surface area contributed by atoms with Gasteiger partial charge in [-0.1, -0.05) is 30.3 Å². The second-order valence-electron chi connectivity index (χ2n) is 4.96. The van der Waals surface area contributed by atoms with Gasteiger partial charge in [0, 0.05) is 0 Å². The summed E-state index contributed by atoms with van der Waals surface area (Å²) < 4.78 is 42.7. The number of carbonyl (C=O) groups is 2. The molecule has 4 nitrogen and oxygen atoms in total. The van der Waals surface area contributed by atoms with Gasteiger partial charge in [0.2, 0.25) is 5.91 Å². The highest BCUT2D eigenvalue weighted by Crippen LogP contribution is 2.29. The second kappa shape index (κ2) is 7.16. The molecule has 0 atom stereocenters. The van der Waals surface area contributed by atoms with Crippen LogP contribution in [-0.2, 0) is 22.1 Å². The van der Waals surface area contributed by atoms with Gasteiger partial charge >= 0.3 is 12.1 Å². The molecule has 0 saturated heterocycles. The maximum absolute atomic E-state index is 12.7. The summed E-state index contributed by atoms with van der Waals surface area (Å²) >= 11 is 0. The van der Waals surface area contributed by atoms with Gasteiger partial charge in [-0.25, -0.2) is 4.79 Å². The molecule has 0 radical (unpaired) electrons. The van der Waals surface area contributed by atoms with Gasteiger partial charge in [0.1, 0.15) is 0 Å². The van der Waals surface area contributed by atoms with Crippen molar-refractivity contribution in [1.82, 2.24) is 0 Å². The minimum absolute atomic E-state index is 0.164. The number of esters is 1. The number of methoxy groups -OCH3 is 1. The molecule has 0 heterocycles. The van der Waals surface area contributed by atoms with Crippen molar-refractivity contribution in [3.05, 3.63) is 65.2 Å². The fourth-order valence-corrected chi connectivity index (χ4v) is 2.12. The first-order valence-electron chi connectivity index (χ1n) is 6.94. The van der Waals surface area contributed by atoms with Crippen LogP contribution in [0.25, 0.3) is 0 Å². The fourth-order valence-electron chi connectivity index (χ4n) is 2.12. The van der Waals surface area contributed by atoms with E-state index in [1.165, 1.54) is 31.4 Å². The highest BCUT2D eigenvalue weighted by Gasteiger charge is 2.30.